The van der Waals surface area contributed by atoms with Gasteiger partial charge in [0.25, 0.3) is 0 Å². The standard InChI is InChI=1S/C18H15FN4S2/c1-12-5-7-13(8-6-12)9-16(11-20)24-18-23-22-17(25-18)21-15-4-2-3-14(19)10-15/h2-8,10,16H,9H2,1H3,(H,21,22)/t16-/m0/s1. The zero-order valence-electron chi connectivity index (χ0n) is 13.4. The second-order valence-electron chi connectivity index (χ2n) is 5.43. The third kappa shape index (κ3) is 5.02. The number of aromatic nitrogens is 2. The highest BCUT2D eigenvalue weighted by molar-refractivity contribution is 8.01. The highest BCUT2D eigenvalue weighted by Crippen LogP contribution is 2.31. The van der Waals surface area contributed by atoms with Crippen LogP contribution in [-0.2, 0) is 6.42 Å². The van der Waals surface area contributed by atoms with Crippen molar-refractivity contribution in [1.82, 2.24) is 10.2 Å². The third-order valence-electron chi connectivity index (χ3n) is 3.41. The first-order valence-corrected chi connectivity index (χ1v) is 9.30. The fourth-order valence-electron chi connectivity index (χ4n) is 2.17. The molecule has 1 N–H and O–H groups in total. The van der Waals surface area contributed by atoms with Crippen molar-refractivity contribution in [2.45, 2.75) is 22.9 Å². The van der Waals surface area contributed by atoms with E-state index in [1.54, 1.807) is 12.1 Å². The van der Waals surface area contributed by atoms with Gasteiger partial charge in [-0.15, -0.1) is 10.2 Å². The molecule has 1 atom stereocenters. The minimum atomic E-state index is -0.313. The maximum Gasteiger partial charge on any atom is 0.210 e. The van der Waals surface area contributed by atoms with Crippen LogP contribution in [0.25, 0.3) is 0 Å². The quantitative estimate of drug-likeness (QED) is 0.622. The molecule has 0 aliphatic heterocycles. The van der Waals surface area contributed by atoms with Gasteiger partial charge in [-0.05, 0) is 37.1 Å². The number of thioether (sulfide) groups is 1. The summed E-state index contributed by atoms with van der Waals surface area (Å²) >= 11 is 2.74. The molecule has 1 heterocycles. The molecule has 0 saturated heterocycles. The Morgan fingerprint density at radius 3 is 2.76 bits per heavy atom. The van der Waals surface area contributed by atoms with E-state index in [9.17, 15) is 9.65 Å². The second-order valence-corrected chi connectivity index (χ2v) is 7.86. The van der Waals surface area contributed by atoms with Gasteiger partial charge in [-0.25, -0.2) is 4.39 Å². The molecule has 0 amide bonds. The number of halogens is 1. The van der Waals surface area contributed by atoms with Crippen molar-refractivity contribution in [2.75, 3.05) is 5.32 Å². The summed E-state index contributed by atoms with van der Waals surface area (Å²) in [5.74, 6) is -0.313. The van der Waals surface area contributed by atoms with Crippen molar-refractivity contribution >= 4 is 33.9 Å². The topological polar surface area (TPSA) is 61.6 Å². The zero-order valence-corrected chi connectivity index (χ0v) is 15.1. The highest BCUT2D eigenvalue weighted by atomic mass is 32.2. The number of aryl methyl sites for hydroxylation is 1. The molecule has 3 aromatic rings. The molecule has 25 heavy (non-hydrogen) atoms. The van der Waals surface area contributed by atoms with E-state index in [2.05, 4.69) is 21.6 Å². The van der Waals surface area contributed by atoms with Gasteiger partial charge < -0.3 is 5.32 Å². The Balaban J connectivity index is 1.63. The van der Waals surface area contributed by atoms with Crippen molar-refractivity contribution < 1.29 is 4.39 Å². The van der Waals surface area contributed by atoms with Crippen LogP contribution < -0.4 is 5.32 Å². The van der Waals surface area contributed by atoms with Crippen LogP contribution in [0.4, 0.5) is 15.2 Å². The molecule has 2 aromatic carbocycles. The van der Waals surface area contributed by atoms with Gasteiger partial charge in [0.1, 0.15) is 11.1 Å². The maximum absolute atomic E-state index is 13.2. The molecule has 1 aromatic heterocycles. The number of nitrogens with zero attached hydrogens (tertiary/aromatic N) is 3. The lowest BCUT2D eigenvalue weighted by atomic mass is 10.1. The Morgan fingerprint density at radius 2 is 2.04 bits per heavy atom. The summed E-state index contributed by atoms with van der Waals surface area (Å²) in [5.41, 5.74) is 2.93. The second kappa shape index (κ2) is 8.10. The van der Waals surface area contributed by atoms with E-state index in [1.165, 1.54) is 40.8 Å². The Hall–Kier alpha value is -2.43. The molecule has 126 valence electrons. The molecule has 0 radical (unpaired) electrons. The minimum absolute atomic E-state index is 0.238. The molecule has 0 fully saturated rings. The number of nitrogens with one attached hydrogen (secondary N) is 1. The van der Waals surface area contributed by atoms with Gasteiger partial charge in [0, 0.05) is 5.69 Å². The summed E-state index contributed by atoms with van der Waals surface area (Å²) in [7, 11) is 0. The lowest BCUT2D eigenvalue weighted by molar-refractivity contribution is 0.628. The summed E-state index contributed by atoms with van der Waals surface area (Å²) in [6.07, 6.45) is 0.647. The van der Waals surface area contributed by atoms with Crippen LogP contribution in [0.15, 0.2) is 52.9 Å². The normalized spacial score (nSPS) is 11.7. The molecule has 0 aliphatic rings. The van der Waals surface area contributed by atoms with Gasteiger partial charge in [0.05, 0.1) is 6.07 Å². The average Bonchev–Trinajstić information content (AvgIpc) is 3.03. The van der Waals surface area contributed by atoms with E-state index in [-0.39, 0.29) is 11.1 Å². The van der Waals surface area contributed by atoms with Crippen molar-refractivity contribution in [3.63, 3.8) is 0 Å². The lowest BCUT2D eigenvalue weighted by Crippen LogP contribution is -2.03. The van der Waals surface area contributed by atoms with E-state index in [1.807, 2.05) is 31.2 Å². The number of anilines is 2. The van der Waals surface area contributed by atoms with E-state index in [0.717, 1.165) is 5.56 Å². The van der Waals surface area contributed by atoms with E-state index >= 15 is 0 Å². The number of rotatable bonds is 6. The minimum Gasteiger partial charge on any atom is -0.330 e. The molecule has 3 rings (SSSR count). The van der Waals surface area contributed by atoms with Crippen molar-refractivity contribution in [3.8, 4) is 6.07 Å². The van der Waals surface area contributed by atoms with Crippen LogP contribution >= 0.6 is 23.1 Å². The molecule has 0 unspecified atom stereocenters. The molecule has 0 spiro atoms. The smallest absolute Gasteiger partial charge is 0.210 e. The van der Waals surface area contributed by atoms with Gasteiger partial charge >= 0.3 is 0 Å². The van der Waals surface area contributed by atoms with Crippen LogP contribution in [0.1, 0.15) is 11.1 Å². The predicted molar refractivity (Wildman–Crippen MR) is 99.7 cm³/mol. The van der Waals surface area contributed by atoms with Crippen LogP contribution in [-0.4, -0.2) is 15.4 Å². The number of hydrogen-bond donors (Lipinski definition) is 1. The summed E-state index contributed by atoms with van der Waals surface area (Å²) in [4.78, 5) is 0. The fraction of sp³-hybridized carbons (Fsp3) is 0.167. The summed E-state index contributed by atoms with van der Waals surface area (Å²) in [5, 5.41) is 20.9. The average molecular weight is 370 g/mol. The zero-order chi connectivity index (χ0) is 17.6. The number of nitriles is 1. The van der Waals surface area contributed by atoms with E-state index in [4.69, 9.17) is 0 Å². The van der Waals surface area contributed by atoms with Gasteiger partial charge in [-0.1, -0.05) is 59.0 Å². The molecule has 7 heteroatoms. The highest BCUT2D eigenvalue weighted by Gasteiger charge is 2.14. The van der Waals surface area contributed by atoms with Crippen LogP contribution in [0.3, 0.4) is 0 Å². The largest absolute Gasteiger partial charge is 0.330 e. The number of benzene rings is 2. The van der Waals surface area contributed by atoms with Crippen LogP contribution in [0, 0.1) is 24.1 Å². The van der Waals surface area contributed by atoms with E-state index < -0.39 is 0 Å². The number of hydrogen-bond acceptors (Lipinski definition) is 6. The van der Waals surface area contributed by atoms with Crippen molar-refractivity contribution in [3.05, 3.63) is 65.5 Å². The molecular weight excluding hydrogens is 355 g/mol. The monoisotopic (exact) mass is 370 g/mol. The van der Waals surface area contributed by atoms with Gasteiger partial charge in [-0.3, -0.25) is 0 Å². The SMILES string of the molecule is Cc1ccc(C[C@@H](C#N)Sc2nnc(Nc3cccc(F)c3)s2)cc1. The van der Waals surface area contributed by atoms with Crippen molar-refractivity contribution in [1.29, 1.82) is 5.26 Å². The summed E-state index contributed by atoms with van der Waals surface area (Å²) < 4.78 is 13.9. The summed E-state index contributed by atoms with van der Waals surface area (Å²) in [6.45, 7) is 2.04. The first kappa shape index (κ1) is 17.4. The first-order valence-electron chi connectivity index (χ1n) is 7.60. The Labute approximate surface area is 153 Å². The van der Waals surface area contributed by atoms with Crippen LogP contribution in [0.5, 0.6) is 0 Å². The van der Waals surface area contributed by atoms with Gasteiger partial charge in [0.2, 0.25) is 5.13 Å². The first-order chi connectivity index (χ1) is 12.1. The van der Waals surface area contributed by atoms with Crippen molar-refractivity contribution in [2.24, 2.45) is 0 Å². The Bertz CT molecular complexity index is 887. The Morgan fingerprint density at radius 1 is 1.24 bits per heavy atom. The molecule has 0 saturated carbocycles. The van der Waals surface area contributed by atoms with Gasteiger partial charge in [0.15, 0.2) is 4.34 Å². The predicted octanol–water partition coefficient (Wildman–Crippen LogP) is 4.96. The fourth-order valence-corrected chi connectivity index (χ4v) is 4.11. The molecule has 0 bridgehead atoms. The molecule has 0 aliphatic carbocycles. The van der Waals surface area contributed by atoms with Crippen LogP contribution in [0.2, 0.25) is 0 Å². The Kier molecular flexibility index (Phi) is 5.64. The molecular formula is C18H15FN4S2. The van der Waals surface area contributed by atoms with Gasteiger partial charge in [-0.2, -0.15) is 5.26 Å². The maximum atomic E-state index is 13.2. The lowest BCUT2D eigenvalue weighted by Gasteiger charge is -2.06. The van der Waals surface area contributed by atoms with E-state index in [0.29, 0.717) is 21.6 Å². The molecule has 4 nitrogen and oxygen atoms in total. The third-order valence-corrected chi connectivity index (χ3v) is 5.42. The summed E-state index contributed by atoms with van der Waals surface area (Å²) in [6, 6.07) is 16.6.